The van der Waals surface area contributed by atoms with Gasteiger partial charge in [0.05, 0.1) is 11.5 Å². The van der Waals surface area contributed by atoms with Crippen LogP contribution < -0.4 is 10.1 Å². The van der Waals surface area contributed by atoms with Gasteiger partial charge >= 0.3 is 0 Å². The number of aryl methyl sites for hydroxylation is 1. The van der Waals surface area contributed by atoms with Crippen LogP contribution in [0.15, 0.2) is 6.07 Å². The first-order valence-corrected chi connectivity index (χ1v) is 8.00. The Labute approximate surface area is 124 Å². The number of hydrogen-bond donors (Lipinski definition) is 1. The number of rotatable bonds is 6. The van der Waals surface area contributed by atoms with Gasteiger partial charge in [0.1, 0.15) is 4.83 Å². The second kappa shape index (κ2) is 6.39. The summed E-state index contributed by atoms with van der Waals surface area (Å²) in [6.07, 6.45) is 2.19. The summed E-state index contributed by atoms with van der Waals surface area (Å²) in [5, 5.41) is 4.03. The fourth-order valence-electron chi connectivity index (χ4n) is 2.22. The molecule has 0 fully saturated rings. The van der Waals surface area contributed by atoms with E-state index in [4.69, 9.17) is 4.74 Å². The van der Waals surface area contributed by atoms with Crippen LogP contribution in [-0.2, 0) is 6.42 Å². The Morgan fingerprint density at radius 1 is 1.30 bits per heavy atom. The molecule has 1 unspecified atom stereocenters. The van der Waals surface area contributed by atoms with E-state index in [1.807, 2.05) is 7.05 Å². The van der Waals surface area contributed by atoms with Gasteiger partial charge in [-0.25, -0.2) is 4.98 Å². The Kier molecular flexibility index (Phi) is 4.81. The summed E-state index contributed by atoms with van der Waals surface area (Å²) in [6.45, 7) is 8.65. The molecular weight excluding hydrogens is 270 g/mol. The number of ether oxygens (including phenoxy) is 1. The van der Waals surface area contributed by atoms with Crippen molar-refractivity contribution >= 4 is 27.5 Å². The average Bonchev–Trinajstić information content (AvgIpc) is 2.80. The van der Waals surface area contributed by atoms with Gasteiger partial charge in [0.15, 0.2) is 0 Å². The van der Waals surface area contributed by atoms with Crippen LogP contribution in [0.2, 0.25) is 0 Å². The maximum atomic E-state index is 6.05. The zero-order valence-corrected chi connectivity index (χ0v) is 13.7. The number of nitrogens with zero attached hydrogens (tertiary/aromatic N) is 2. The van der Waals surface area contributed by atoms with Crippen molar-refractivity contribution in [1.82, 2.24) is 9.97 Å². The van der Waals surface area contributed by atoms with E-state index in [0.717, 1.165) is 23.1 Å². The molecular formula is C15H23N3OS. The molecule has 2 rings (SSSR count). The maximum absolute atomic E-state index is 6.05. The van der Waals surface area contributed by atoms with Gasteiger partial charge in [0, 0.05) is 11.9 Å². The monoisotopic (exact) mass is 293 g/mol. The SMILES string of the molecule is CCc1cc2c(OC(C)CC(C)C)nc(NC)nc2s1. The molecule has 2 aromatic heterocycles. The highest BCUT2D eigenvalue weighted by Gasteiger charge is 2.15. The standard InChI is InChI=1S/C15H23N3OS/c1-6-11-8-12-13(19-10(4)7-9(2)3)17-15(16-5)18-14(12)20-11/h8-10H,6-7H2,1-5H3,(H,16,17,18). The summed E-state index contributed by atoms with van der Waals surface area (Å²) in [7, 11) is 1.83. The zero-order valence-electron chi connectivity index (χ0n) is 12.9. The largest absolute Gasteiger partial charge is 0.474 e. The molecule has 0 bridgehead atoms. The second-order valence-corrected chi connectivity index (χ2v) is 6.56. The minimum absolute atomic E-state index is 0.155. The van der Waals surface area contributed by atoms with Gasteiger partial charge in [0.25, 0.3) is 0 Å². The van der Waals surface area contributed by atoms with E-state index in [2.05, 4.69) is 49.0 Å². The molecule has 5 heteroatoms. The molecule has 1 atom stereocenters. The van der Waals surface area contributed by atoms with E-state index >= 15 is 0 Å². The Morgan fingerprint density at radius 3 is 2.65 bits per heavy atom. The molecule has 110 valence electrons. The minimum Gasteiger partial charge on any atom is -0.474 e. The topological polar surface area (TPSA) is 47.0 Å². The van der Waals surface area contributed by atoms with Crippen molar-refractivity contribution < 1.29 is 4.74 Å². The van der Waals surface area contributed by atoms with Crippen molar-refractivity contribution in [2.24, 2.45) is 5.92 Å². The highest BCUT2D eigenvalue weighted by molar-refractivity contribution is 7.18. The van der Waals surface area contributed by atoms with Crippen molar-refractivity contribution in [2.75, 3.05) is 12.4 Å². The molecule has 1 N–H and O–H groups in total. The zero-order chi connectivity index (χ0) is 14.7. The average molecular weight is 293 g/mol. The first-order chi connectivity index (χ1) is 9.53. The number of fused-ring (bicyclic) bond motifs is 1. The molecule has 0 aliphatic carbocycles. The summed E-state index contributed by atoms with van der Waals surface area (Å²) in [5.74, 6) is 1.93. The quantitative estimate of drug-likeness (QED) is 0.870. The van der Waals surface area contributed by atoms with Crippen molar-refractivity contribution in [2.45, 2.75) is 46.6 Å². The molecule has 2 aromatic rings. The van der Waals surface area contributed by atoms with Crippen LogP contribution in [0.1, 0.15) is 39.0 Å². The highest BCUT2D eigenvalue weighted by Crippen LogP contribution is 2.32. The van der Waals surface area contributed by atoms with Gasteiger partial charge < -0.3 is 10.1 Å². The van der Waals surface area contributed by atoms with Crippen molar-refractivity contribution in [1.29, 1.82) is 0 Å². The fraction of sp³-hybridized carbons (Fsp3) is 0.600. The minimum atomic E-state index is 0.155. The van der Waals surface area contributed by atoms with Crippen molar-refractivity contribution in [3.63, 3.8) is 0 Å². The number of thiophene rings is 1. The van der Waals surface area contributed by atoms with Crippen molar-refractivity contribution in [3.8, 4) is 5.88 Å². The predicted octanol–water partition coefficient (Wildman–Crippen LogP) is 4.11. The smallest absolute Gasteiger partial charge is 0.227 e. The highest BCUT2D eigenvalue weighted by atomic mass is 32.1. The third-order valence-corrected chi connectivity index (χ3v) is 4.27. The van der Waals surface area contributed by atoms with Gasteiger partial charge in [-0.3, -0.25) is 0 Å². The Balaban J connectivity index is 2.36. The normalized spacial score (nSPS) is 12.9. The molecule has 0 aliphatic rings. The number of hydrogen-bond acceptors (Lipinski definition) is 5. The molecule has 2 heterocycles. The van der Waals surface area contributed by atoms with Gasteiger partial charge in [-0.05, 0) is 31.7 Å². The first-order valence-electron chi connectivity index (χ1n) is 7.18. The summed E-state index contributed by atoms with van der Waals surface area (Å²) in [4.78, 5) is 11.3. The van der Waals surface area contributed by atoms with Gasteiger partial charge in [-0.2, -0.15) is 4.98 Å². The summed E-state index contributed by atoms with van der Waals surface area (Å²) in [6, 6.07) is 2.15. The van der Waals surface area contributed by atoms with Gasteiger partial charge in [-0.15, -0.1) is 11.3 Å². The van der Waals surface area contributed by atoms with Gasteiger partial charge in [0.2, 0.25) is 11.8 Å². The van der Waals surface area contributed by atoms with Crippen LogP contribution in [0.25, 0.3) is 10.2 Å². The lowest BCUT2D eigenvalue weighted by Gasteiger charge is -2.16. The first kappa shape index (κ1) is 15.0. The van der Waals surface area contributed by atoms with Crippen molar-refractivity contribution in [3.05, 3.63) is 10.9 Å². The third kappa shape index (κ3) is 3.39. The van der Waals surface area contributed by atoms with E-state index in [-0.39, 0.29) is 6.10 Å². The lowest BCUT2D eigenvalue weighted by atomic mass is 10.1. The van der Waals surface area contributed by atoms with E-state index in [1.165, 1.54) is 4.88 Å². The van der Waals surface area contributed by atoms with E-state index in [0.29, 0.717) is 17.7 Å². The Morgan fingerprint density at radius 2 is 2.05 bits per heavy atom. The molecule has 4 nitrogen and oxygen atoms in total. The molecule has 0 aromatic carbocycles. The predicted molar refractivity (Wildman–Crippen MR) is 85.9 cm³/mol. The van der Waals surface area contributed by atoms with Crippen LogP contribution in [0.4, 0.5) is 5.95 Å². The molecule has 20 heavy (non-hydrogen) atoms. The Hall–Kier alpha value is -1.36. The Bertz CT molecular complexity index is 580. The number of anilines is 1. The molecule has 0 radical (unpaired) electrons. The maximum Gasteiger partial charge on any atom is 0.227 e. The van der Waals surface area contributed by atoms with Gasteiger partial charge in [-0.1, -0.05) is 20.8 Å². The van der Waals surface area contributed by atoms with Crippen LogP contribution in [0.3, 0.4) is 0 Å². The number of aromatic nitrogens is 2. The van der Waals surface area contributed by atoms with E-state index in [1.54, 1.807) is 11.3 Å². The number of nitrogens with one attached hydrogen (secondary N) is 1. The molecule has 0 aliphatic heterocycles. The van der Waals surface area contributed by atoms with Crippen LogP contribution in [-0.4, -0.2) is 23.1 Å². The fourth-order valence-corrected chi connectivity index (χ4v) is 3.18. The summed E-state index contributed by atoms with van der Waals surface area (Å²) in [5.41, 5.74) is 0. The van der Waals surface area contributed by atoms with Crippen LogP contribution in [0, 0.1) is 5.92 Å². The molecule has 0 saturated carbocycles. The van der Waals surface area contributed by atoms with Crippen LogP contribution >= 0.6 is 11.3 Å². The summed E-state index contributed by atoms with van der Waals surface area (Å²) >= 11 is 1.71. The summed E-state index contributed by atoms with van der Waals surface area (Å²) < 4.78 is 6.05. The van der Waals surface area contributed by atoms with Crippen LogP contribution in [0.5, 0.6) is 5.88 Å². The lowest BCUT2D eigenvalue weighted by molar-refractivity contribution is 0.188. The van der Waals surface area contributed by atoms with E-state index < -0.39 is 0 Å². The lowest BCUT2D eigenvalue weighted by Crippen LogP contribution is -2.15. The second-order valence-electron chi connectivity index (χ2n) is 5.45. The molecule has 0 amide bonds. The molecule has 0 spiro atoms. The molecule has 0 saturated heterocycles. The van der Waals surface area contributed by atoms with E-state index in [9.17, 15) is 0 Å². The third-order valence-electron chi connectivity index (χ3n) is 3.10.